The van der Waals surface area contributed by atoms with Crippen molar-refractivity contribution in [2.24, 2.45) is 0 Å². The van der Waals surface area contributed by atoms with Gasteiger partial charge in [-0.25, -0.2) is 4.79 Å². The molecule has 0 unspecified atom stereocenters. The third kappa shape index (κ3) is 5.21. The highest BCUT2D eigenvalue weighted by atomic mass is 16.5. The Morgan fingerprint density at radius 3 is 2.57 bits per heavy atom. The lowest BCUT2D eigenvalue weighted by Crippen LogP contribution is -2.32. The zero-order valence-electron chi connectivity index (χ0n) is 13.7. The molecule has 0 aliphatic rings. The van der Waals surface area contributed by atoms with Gasteiger partial charge in [-0.3, -0.25) is 0 Å². The summed E-state index contributed by atoms with van der Waals surface area (Å²) in [5.74, 6) is 1.45. The van der Waals surface area contributed by atoms with Crippen molar-refractivity contribution in [2.75, 3.05) is 25.6 Å². The largest absolute Gasteiger partial charge is 0.497 e. The van der Waals surface area contributed by atoms with Crippen LogP contribution in [0.2, 0.25) is 0 Å². The minimum absolute atomic E-state index is 0.248. The number of ether oxygens (including phenoxy) is 2. The summed E-state index contributed by atoms with van der Waals surface area (Å²) in [5.41, 5.74) is 3.12. The first-order valence-electron chi connectivity index (χ1n) is 7.47. The fraction of sp³-hybridized carbons (Fsp3) is 0.278. The van der Waals surface area contributed by atoms with Crippen molar-refractivity contribution >= 4 is 11.7 Å². The number of aryl methyl sites for hydroxylation is 2. The minimum atomic E-state index is -0.248. The first kappa shape index (κ1) is 16.7. The molecular weight excluding hydrogens is 292 g/mol. The molecule has 0 spiro atoms. The average molecular weight is 314 g/mol. The maximum Gasteiger partial charge on any atom is 0.319 e. The van der Waals surface area contributed by atoms with Gasteiger partial charge in [0.15, 0.2) is 0 Å². The third-order valence-electron chi connectivity index (χ3n) is 3.46. The third-order valence-corrected chi connectivity index (χ3v) is 3.46. The van der Waals surface area contributed by atoms with Gasteiger partial charge >= 0.3 is 6.03 Å². The molecule has 2 aromatic rings. The lowest BCUT2D eigenvalue weighted by atomic mass is 10.1. The van der Waals surface area contributed by atoms with Crippen molar-refractivity contribution in [3.05, 3.63) is 53.6 Å². The van der Waals surface area contributed by atoms with Crippen LogP contribution in [0.25, 0.3) is 0 Å². The standard InChI is InChI=1S/C18H22N2O3/c1-13-7-8-15(11-14(13)2)20-18(21)19-9-10-23-17-6-4-5-16(12-17)22-3/h4-8,11-12H,9-10H2,1-3H3,(H2,19,20,21). The summed E-state index contributed by atoms with van der Waals surface area (Å²) in [7, 11) is 1.61. The molecule has 0 fully saturated rings. The summed E-state index contributed by atoms with van der Waals surface area (Å²) in [4.78, 5) is 11.8. The Hall–Kier alpha value is -2.69. The number of anilines is 1. The maximum atomic E-state index is 11.8. The number of amides is 2. The molecule has 23 heavy (non-hydrogen) atoms. The summed E-state index contributed by atoms with van der Waals surface area (Å²) in [5, 5.41) is 5.56. The van der Waals surface area contributed by atoms with Crippen LogP contribution >= 0.6 is 0 Å². The minimum Gasteiger partial charge on any atom is -0.497 e. The first-order chi connectivity index (χ1) is 11.1. The zero-order chi connectivity index (χ0) is 16.7. The molecule has 0 radical (unpaired) electrons. The Balaban J connectivity index is 1.73. The Morgan fingerprint density at radius 1 is 1.04 bits per heavy atom. The van der Waals surface area contributed by atoms with Crippen LogP contribution in [0.4, 0.5) is 10.5 Å². The van der Waals surface area contributed by atoms with E-state index in [9.17, 15) is 4.79 Å². The fourth-order valence-electron chi connectivity index (χ4n) is 2.02. The van der Waals surface area contributed by atoms with Crippen LogP contribution in [0, 0.1) is 13.8 Å². The molecular formula is C18H22N2O3. The molecule has 5 heteroatoms. The van der Waals surface area contributed by atoms with Crippen LogP contribution < -0.4 is 20.1 Å². The highest BCUT2D eigenvalue weighted by Gasteiger charge is 2.03. The molecule has 5 nitrogen and oxygen atoms in total. The molecule has 0 aliphatic heterocycles. The highest BCUT2D eigenvalue weighted by molar-refractivity contribution is 5.89. The van der Waals surface area contributed by atoms with E-state index in [0.717, 1.165) is 17.0 Å². The number of rotatable bonds is 6. The number of carbonyl (C=O) groups excluding carboxylic acids is 1. The molecule has 0 aliphatic carbocycles. The van der Waals surface area contributed by atoms with Gasteiger partial charge in [0.2, 0.25) is 0 Å². The van der Waals surface area contributed by atoms with Crippen molar-refractivity contribution in [3.63, 3.8) is 0 Å². The van der Waals surface area contributed by atoms with E-state index in [1.165, 1.54) is 5.56 Å². The van der Waals surface area contributed by atoms with E-state index < -0.39 is 0 Å². The number of nitrogens with one attached hydrogen (secondary N) is 2. The quantitative estimate of drug-likeness (QED) is 0.802. The Kier molecular flexibility index (Phi) is 5.86. The second-order valence-corrected chi connectivity index (χ2v) is 5.21. The zero-order valence-corrected chi connectivity index (χ0v) is 13.7. The molecule has 122 valence electrons. The van der Waals surface area contributed by atoms with Crippen LogP contribution in [-0.2, 0) is 0 Å². The first-order valence-corrected chi connectivity index (χ1v) is 7.47. The predicted octanol–water partition coefficient (Wildman–Crippen LogP) is 3.51. The van der Waals surface area contributed by atoms with E-state index >= 15 is 0 Å². The van der Waals surface area contributed by atoms with Gasteiger partial charge < -0.3 is 20.1 Å². The molecule has 0 atom stereocenters. The van der Waals surface area contributed by atoms with Gasteiger partial charge in [0.25, 0.3) is 0 Å². The highest BCUT2D eigenvalue weighted by Crippen LogP contribution is 2.18. The summed E-state index contributed by atoms with van der Waals surface area (Å²) in [6.07, 6.45) is 0. The Bertz CT molecular complexity index is 671. The van der Waals surface area contributed by atoms with Crippen molar-refractivity contribution in [1.29, 1.82) is 0 Å². The Morgan fingerprint density at radius 2 is 1.83 bits per heavy atom. The van der Waals surface area contributed by atoms with E-state index in [2.05, 4.69) is 10.6 Å². The normalized spacial score (nSPS) is 10.0. The average Bonchev–Trinajstić information content (AvgIpc) is 2.55. The topological polar surface area (TPSA) is 59.6 Å². The number of methoxy groups -OCH3 is 1. The van der Waals surface area contributed by atoms with Gasteiger partial charge in [-0.05, 0) is 49.2 Å². The number of hydrogen-bond donors (Lipinski definition) is 2. The van der Waals surface area contributed by atoms with E-state index in [1.807, 2.05) is 50.2 Å². The van der Waals surface area contributed by atoms with E-state index in [4.69, 9.17) is 9.47 Å². The molecule has 2 N–H and O–H groups in total. The molecule has 2 aromatic carbocycles. The molecule has 2 rings (SSSR count). The molecule has 0 saturated carbocycles. The summed E-state index contributed by atoms with van der Waals surface area (Å²) in [6.45, 7) is 4.84. The molecule has 2 amide bonds. The maximum absolute atomic E-state index is 11.8. The lowest BCUT2D eigenvalue weighted by Gasteiger charge is -2.10. The van der Waals surface area contributed by atoms with Crippen molar-refractivity contribution in [2.45, 2.75) is 13.8 Å². The van der Waals surface area contributed by atoms with Crippen LogP contribution in [0.5, 0.6) is 11.5 Å². The van der Waals surface area contributed by atoms with Crippen molar-refractivity contribution in [3.8, 4) is 11.5 Å². The number of carbonyl (C=O) groups is 1. The van der Waals surface area contributed by atoms with E-state index in [-0.39, 0.29) is 6.03 Å². The van der Waals surface area contributed by atoms with Crippen LogP contribution in [0.3, 0.4) is 0 Å². The van der Waals surface area contributed by atoms with Crippen molar-refractivity contribution < 1.29 is 14.3 Å². The second-order valence-electron chi connectivity index (χ2n) is 5.21. The van der Waals surface area contributed by atoms with Crippen LogP contribution in [0.15, 0.2) is 42.5 Å². The number of urea groups is 1. The fourth-order valence-corrected chi connectivity index (χ4v) is 2.02. The van der Waals surface area contributed by atoms with E-state index in [1.54, 1.807) is 13.2 Å². The smallest absolute Gasteiger partial charge is 0.319 e. The van der Waals surface area contributed by atoms with Crippen LogP contribution in [0.1, 0.15) is 11.1 Å². The second kappa shape index (κ2) is 8.08. The molecule has 0 aromatic heterocycles. The predicted molar refractivity (Wildman–Crippen MR) is 91.4 cm³/mol. The Labute approximate surface area is 136 Å². The summed E-state index contributed by atoms with van der Waals surface area (Å²) >= 11 is 0. The van der Waals surface area contributed by atoms with Gasteiger partial charge in [-0.2, -0.15) is 0 Å². The van der Waals surface area contributed by atoms with Gasteiger partial charge in [-0.1, -0.05) is 12.1 Å². The monoisotopic (exact) mass is 314 g/mol. The van der Waals surface area contributed by atoms with Crippen molar-refractivity contribution in [1.82, 2.24) is 5.32 Å². The van der Waals surface area contributed by atoms with Gasteiger partial charge in [0, 0.05) is 11.8 Å². The SMILES string of the molecule is COc1cccc(OCCNC(=O)Nc2ccc(C)c(C)c2)c1. The number of hydrogen-bond acceptors (Lipinski definition) is 3. The molecule has 0 heterocycles. The van der Waals surface area contributed by atoms with Gasteiger partial charge in [0.1, 0.15) is 18.1 Å². The van der Waals surface area contributed by atoms with E-state index in [0.29, 0.717) is 18.9 Å². The lowest BCUT2D eigenvalue weighted by molar-refractivity contribution is 0.247. The summed E-state index contributed by atoms with van der Waals surface area (Å²) < 4.78 is 10.7. The molecule has 0 bridgehead atoms. The molecule has 0 saturated heterocycles. The number of benzene rings is 2. The van der Waals surface area contributed by atoms with Crippen LogP contribution in [-0.4, -0.2) is 26.3 Å². The van der Waals surface area contributed by atoms with Gasteiger partial charge in [-0.15, -0.1) is 0 Å². The van der Waals surface area contributed by atoms with Gasteiger partial charge in [0.05, 0.1) is 13.7 Å². The summed E-state index contributed by atoms with van der Waals surface area (Å²) in [6, 6.07) is 12.9.